The summed E-state index contributed by atoms with van der Waals surface area (Å²) in [6.45, 7) is 7.81. The zero-order valence-electron chi connectivity index (χ0n) is 9.29. The first-order chi connectivity index (χ1) is 6.44. The predicted octanol–water partition coefficient (Wildman–Crippen LogP) is 2.45. The van der Waals surface area contributed by atoms with Crippen LogP contribution in [0, 0.1) is 13.8 Å². The molecule has 0 unspecified atom stereocenters. The Bertz CT molecular complexity index is 316. The molecule has 1 rings (SSSR count). The van der Waals surface area contributed by atoms with Crippen molar-refractivity contribution in [1.82, 2.24) is 0 Å². The monoisotopic (exact) mass is 194 g/mol. The average molecular weight is 194 g/mol. The van der Waals surface area contributed by atoms with Gasteiger partial charge in [0, 0.05) is 0 Å². The molecule has 1 aromatic rings. The van der Waals surface area contributed by atoms with Crippen molar-refractivity contribution in [2.45, 2.75) is 33.3 Å². The third-order valence-corrected chi connectivity index (χ3v) is 2.10. The highest BCUT2D eigenvalue weighted by Gasteiger charge is 2.18. The van der Waals surface area contributed by atoms with Gasteiger partial charge in [0.25, 0.3) is 0 Å². The number of hydrogen-bond donors (Lipinski definition) is 1. The first kappa shape index (κ1) is 11.1. The molecule has 0 aliphatic carbocycles. The molecule has 0 aliphatic heterocycles. The second kappa shape index (κ2) is 4.01. The highest BCUT2D eigenvalue weighted by atomic mass is 16.5. The van der Waals surface area contributed by atoms with Crippen LogP contribution in [-0.4, -0.2) is 17.3 Å². The Kier molecular flexibility index (Phi) is 3.17. The molecule has 0 atom stereocenters. The summed E-state index contributed by atoms with van der Waals surface area (Å²) < 4.78 is 5.69. The number of benzene rings is 1. The van der Waals surface area contributed by atoms with Crippen LogP contribution in [0.3, 0.4) is 0 Å². The second-order valence-corrected chi connectivity index (χ2v) is 4.29. The van der Waals surface area contributed by atoms with Gasteiger partial charge in [-0.2, -0.15) is 0 Å². The molecule has 0 aromatic heterocycles. The Balaban J connectivity index is 2.87. The van der Waals surface area contributed by atoms with Crippen molar-refractivity contribution in [3.8, 4) is 5.75 Å². The summed E-state index contributed by atoms with van der Waals surface area (Å²) in [6, 6.07) is 6.03. The molecule has 78 valence electrons. The van der Waals surface area contributed by atoms with Crippen LogP contribution in [0.15, 0.2) is 18.2 Å². The number of aliphatic hydroxyl groups excluding tert-OH is 1. The van der Waals surface area contributed by atoms with E-state index in [4.69, 9.17) is 9.84 Å². The Hall–Kier alpha value is -1.02. The lowest BCUT2D eigenvalue weighted by molar-refractivity contribution is 0.0406. The van der Waals surface area contributed by atoms with Crippen LogP contribution in [0.1, 0.15) is 25.0 Å². The van der Waals surface area contributed by atoms with Crippen LogP contribution in [-0.2, 0) is 0 Å². The van der Waals surface area contributed by atoms with Gasteiger partial charge in [0.1, 0.15) is 11.4 Å². The van der Waals surface area contributed by atoms with Crippen LogP contribution in [0.2, 0.25) is 0 Å². The molecular formula is C12H18O2. The maximum Gasteiger partial charge on any atom is 0.126 e. The van der Waals surface area contributed by atoms with Crippen LogP contribution in [0.4, 0.5) is 0 Å². The van der Waals surface area contributed by atoms with E-state index in [1.807, 2.05) is 39.8 Å². The summed E-state index contributed by atoms with van der Waals surface area (Å²) in [5.41, 5.74) is 1.81. The summed E-state index contributed by atoms with van der Waals surface area (Å²) in [6.07, 6.45) is 0. The number of ether oxygens (including phenoxy) is 1. The lowest BCUT2D eigenvalue weighted by atomic mass is 10.1. The summed E-state index contributed by atoms with van der Waals surface area (Å²) in [5, 5.41) is 9.08. The fourth-order valence-corrected chi connectivity index (χ4v) is 1.24. The SMILES string of the molecule is Cc1ccc(OC(C)(C)CO)c(C)c1. The van der Waals surface area contributed by atoms with Crippen molar-refractivity contribution < 1.29 is 9.84 Å². The molecule has 0 bridgehead atoms. The summed E-state index contributed by atoms with van der Waals surface area (Å²) in [5.74, 6) is 0.842. The first-order valence-electron chi connectivity index (χ1n) is 4.82. The summed E-state index contributed by atoms with van der Waals surface area (Å²) in [4.78, 5) is 0. The summed E-state index contributed by atoms with van der Waals surface area (Å²) >= 11 is 0. The molecule has 1 aromatic carbocycles. The number of aryl methyl sites for hydroxylation is 2. The molecule has 0 amide bonds. The Labute approximate surface area is 85.5 Å². The van der Waals surface area contributed by atoms with Gasteiger partial charge in [0.05, 0.1) is 6.61 Å². The van der Waals surface area contributed by atoms with E-state index in [1.165, 1.54) is 5.56 Å². The highest BCUT2D eigenvalue weighted by Crippen LogP contribution is 2.23. The largest absolute Gasteiger partial charge is 0.485 e. The molecule has 0 radical (unpaired) electrons. The minimum Gasteiger partial charge on any atom is -0.485 e. The second-order valence-electron chi connectivity index (χ2n) is 4.29. The Morgan fingerprint density at radius 1 is 1.29 bits per heavy atom. The molecule has 0 spiro atoms. The Morgan fingerprint density at radius 2 is 1.93 bits per heavy atom. The lowest BCUT2D eigenvalue weighted by Gasteiger charge is -2.25. The van der Waals surface area contributed by atoms with Gasteiger partial charge in [-0.3, -0.25) is 0 Å². The molecule has 2 nitrogen and oxygen atoms in total. The molecule has 2 heteroatoms. The number of hydrogen-bond acceptors (Lipinski definition) is 2. The maximum absolute atomic E-state index is 9.08. The van der Waals surface area contributed by atoms with Crippen molar-refractivity contribution >= 4 is 0 Å². The van der Waals surface area contributed by atoms with Crippen molar-refractivity contribution in [3.05, 3.63) is 29.3 Å². The van der Waals surface area contributed by atoms with E-state index in [2.05, 4.69) is 6.07 Å². The normalized spacial score (nSPS) is 11.5. The van der Waals surface area contributed by atoms with Crippen LogP contribution >= 0.6 is 0 Å². The fourth-order valence-electron chi connectivity index (χ4n) is 1.24. The zero-order valence-corrected chi connectivity index (χ0v) is 9.29. The predicted molar refractivity (Wildman–Crippen MR) is 57.7 cm³/mol. The summed E-state index contributed by atoms with van der Waals surface area (Å²) in [7, 11) is 0. The molecule has 14 heavy (non-hydrogen) atoms. The number of rotatable bonds is 3. The van der Waals surface area contributed by atoms with Gasteiger partial charge in [0.2, 0.25) is 0 Å². The van der Waals surface area contributed by atoms with Crippen molar-refractivity contribution in [2.24, 2.45) is 0 Å². The number of aliphatic hydroxyl groups is 1. The molecular weight excluding hydrogens is 176 g/mol. The van der Waals surface area contributed by atoms with Crippen molar-refractivity contribution in [1.29, 1.82) is 0 Å². The quantitative estimate of drug-likeness (QED) is 0.801. The highest BCUT2D eigenvalue weighted by molar-refractivity contribution is 5.36. The van der Waals surface area contributed by atoms with E-state index in [-0.39, 0.29) is 6.61 Å². The standard InChI is InChI=1S/C12H18O2/c1-9-5-6-11(10(2)7-9)14-12(3,4)8-13/h5-7,13H,8H2,1-4H3. The molecule has 0 saturated carbocycles. The van der Waals surface area contributed by atoms with E-state index in [1.54, 1.807) is 0 Å². The lowest BCUT2D eigenvalue weighted by Crippen LogP contribution is -2.32. The van der Waals surface area contributed by atoms with Gasteiger partial charge < -0.3 is 9.84 Å². The van der Waals surface area contributed by atoms with Gasteiger partial charge in [-0.15, -0.1) is 0 Å². The van der Waals surface area contributed by atoms with E-state index >= 15 is 0 Å². The smallest absolute Gasteiger partial charge is 0.126 e. The zero-order chi connectivity index (χ0) is 10.8. The molecule has 0 aliphatic rings. The van der Waals surface area contributed by atoms with Crippen LogP contribution < -0.4 is 4.74 Å². The molecule has 0 heterocycles. The van der Waals surface area contributed by atoms with Gasteiger partial charge in [-0.1, -0.05) is 17.7 Å². The third kappa shape index (κ3) is 2.74. The van der Waals surface area contributed by atoms with Crippen LogP contribution in [0.5, 0.6) is 5.75 Å². The molecule has 0 saturated heterocycles. The van der Waals surface area contributed by atoms with Crippen molar-refractivity contribution in [3.63, 3.8) is 0 Å². The average Bonchev–Trinajstić information content (AvgIpc) is 2.10. The van der Waals surface area contributed by atoms with E-state index in [0.29, 0.717) is 0 Å². The van der Waals surface area contributed by atoms with Gasteiger partial charge in [-0.25, -0.2) is 0 Å². The van der Waals surface area contributed by atoms with E-state index in [9.17, 15) is 0 Å². The van der Waals surface area contributed by atoms with Gasteiger partial charge >= 0.3 is 0 Å². The third-order valence-electron chi connectivity index (χ3n) is 2.10. The first-order valence-corrected chi connectivity index (χ1v) is 4.82. The van der Waals surface area contributed by atoms with Crippen LogP contribution in [0.25, 0.3) is 0 Å². The van der Waals surface area contributed by atoms with Gasteiger partial charge in [-0.05, 0) is 39.3 Å². The minimum atomic E-state index is -0.514. The maximum atomic E-state index is 9.08. The minimum absolute atomic E-state index is 0.0142. The topological polar surface area (TPSA) is 29.5 Å². The fraction of sp³-hybridized carbons (Fsp3) is 0.500. The molecule has 1 N–H and O–H groups in total. The van der Waals surface area contributed by atoms with E-state index in [0.717, 1.165) is 11.3 Å². The molecule has 0 fully saturated rings. The van der Waals surface area contributed by atoms with Crippen molar-refractivity contribution in [2.75, 3.05) is 6.61 Å². The Morgan fingerprint density at radius 3 is 2.43 bits per heavy atom. The van der Waals surface area contributed by atoms with Gasteiger partial charge in [0.15, 0.2) is 0 Å². The van der Waals surface area contributed by atoms with E-state index < -0.39 is 5.60 Å².